The van der Waals surface area contributed by atoms with Crippen LogP contribution < -0.4 is 24.0 Å². The summed E-state index contributed by atoms with van der Waals surface area (Å²) in [5, 5.41) is 0. The number of benzene rings is 3. The predicted octanol–water partition coefficient (Wildman–Crippen LogP) is 2.14. The Labute approximate surface area is 150 Å². The monoisotopic (exact) mass is 419 g/mol. The van der Waals surface area contributed by atoms with Gasteiger partial charge in [0.1, 0.15) is 14.7 Å². The topological polar surface area (TPSA) is 12.4 Å². The van der Waals surface area contributed by atoms with Crippen molar-refractivity contribution in [2.45, 2.75) is 14.7 Å². The van der Waals surface area contributed by atoms with Gasteiger partial charge in [0, 0.05) is 0 Å². The van der Waals surface area contributed by atoms with Gasteiger partial charge in [-0.05, 0) is 36.4 Å². The highest BCUT2D eigenvalue weighted by atomic mass is 127. The van der Waals surface area contributed by atoms with Crippen LogP contribution in [0.3, 0.4) is 0 Å². The zero-order valence-electron chi connectivity index (χ0n) is 12.4. The minimum atomic E-state index is -1.55. The molecule has 3 heteroatoms. The van der Waals surface area contributed by atoms with E-state index in [0.717, 1.165) is 0 Å². The summed E-state index contributed by atoms with van der Waals surface area (Å²) in [4.78, 5) is 3.81. The maximum absolute atomic E-state index is 4.91. The van der Waals surface area contributed by atoms with Crippen molar-refractivity contribution < 1.29 is 24.0 Å². The highest BCUT2D eigenvalue weighted by Gasteiger charge is 2.33. The predicted molar refractivity (Wildman–Crippen MR) is 89.8 cm³/mol. The Morgan fingerprint density at radius 3 is 1.05 bits per heavy atom. The van der Waals surface area contributed by atoms with Gasteiger partial charge in [-0.3, -0.25) is 0 Å². The molecule has 0 fully saturated rings. The van der Waals surface area contributed by atoms with Crippen LogP contribution in [0.15, 0.2) is 110 Å². The number of hydrogen-bond acceptors (Lipinski definition) is 1. The summed E-state index contributed by atoms with van der Waals surface area (Å²) in [6, 6.07) is 31.8. The Balaban J connectivity index is 0.00000176. The van der Waals surface area contributed by atoms with Gasteiger partial charge in [0.15, 0.2) is 0 Å². The Morgan fingerprint density at radius 2 is 0.818 bits per heavy atom. The lowest BCUT2D eigenvalue weighted by molar-refractivity contribution is -0.00000426. The Hall–Kier alpha value is -1.46. The molecule has 1 nitrogen and oxygen atoms in total. The van der Waals surface area contributed by atoms with E-state index in [4.69, 9.17) is 4.36 Å². The molecule has 112 valence electrons. The van der Waals surface area contributed by atoms with Crippen LogP contribution in [-0.4, -0.2) is 7.05 Å². The van der Waals surface area contributed by atoms with Gasteiger partial charge in [-0.15, -0.1) is 4.36 Å². The molecule has 0 aromatic heterocycles. The average molecular weight is 419 g/mol. The van der Waals surface area contributed by atoms with E-state index in [-0.39, 0.29) is 24.0 Å². The highest BCUT2D eigenvalue weighted by Crippen LogP contribution is 2.38. The molecule has 0 heterocycles. The van der Waals surface area contributed by atoms with Crippen LogP contribution in [0.5, 0.6) is 0 Å². The van der Waals surface area contributed by atoms with Gasteiger partial charge in [-0.2, -0.15) is 0 Å². The fourth-order valence-corrected chi connectivity index (χ4v) is 5.68. The lowest BCUT2D eigenvalue weighted by atomic mass is 10.4. The average Bonchev–Trinajstić information content (AvgIpc) is 2.59. The molecule has 0 aliphatic heterocycles. The quantitative estimate of drug-likeness (QED) is 0.456. The van der Waals surface area contributed by atoms with Crippen molar-refractivity contribution in [2.75, 3.05) is 7.05 Å². The maximum atomic E-state index is 4.91. The van der Waals surface area contributed by atoms with Crippen LogP contribution >= 0.6 is 0 Å². The summed E-state index contributed by atoms with van der Waals surface area (Å²) in [7, 11) is 0.387. The first-order valence-electron chi connectivity index (χ1n) is 6.97. The molecule has 0 aliphatic carbocycles. The smallest absolute Gasteiger partial charge is 0.149 e. The molecule has 3 aromatic rings. The first-order chi connectivity index (χ1) is 10.4. The Bertz CT molecular complexity index is 652. The molecule has 0 saturated heterocycles. The zero-order valence-corrected chi connectivity index (χ0v) is 15.4. The summed E-state index contributed by atoms with van der Waals surface area (Å²) >= 11 is 0. The molecular formula is C19H18INS. The molecule has 3 rings (SSSR count). The molecule has 0 unspecified atom stereocenters. The van der Waals surface area contributed by atoms with Crippen LogP contribution in [0.25, 0.3) is 0 Å². The van der Waals surface area contributed by atoms with E-state index in [1.807, 2.05) is 7.05 Å². The van der Waals surface area contributed by atoms with E-state index in [1.165, 1.54) is 14.7 Å². The SMILES string of the molecule is CN=[S+](c1ccccc1)(c1ccccc1)c1ccccc1.[I-]. The van der Waals surface area contributed by atoms with E-state index in [9.17, 15) is 0 Å². The van der Waals surface area contributed by atoms with Crippen molar-refractivity contribution in [3.8, 4) is 0 Å². The van der Waals surface area contributed by atoms with Gasteiger partial charge in [-0.1, -0.05) is 54.6 Å². The summed E-state index contributed by atoms with van der Waals surface area (Å²) in [6.45, 7) is 0. The van der Waals surface area contributed by atoms with E-state index in [2.05, 4.69) is 91.0 Å². The molecule has 0 saturated carbocycles. The third-order valence-corrected chi connectivity index (χ3v) is 6.94. The standard InChI is InChI=1S/C19H18NS.HI/c1-20-21(17-11-5-2-6-12-17,18-13-7-3-8-14-18)19-15-9-4-10-16-19;/h2-16H,1H3;1H/q+1;/p-1. The van der Waals surface area contributed by atoms with E-state index in [0.29, 0.717) is 0 Å². The largest absolute Gasteiger partial charge is 1.00 e. The van der Waals surface area contributed by atoms with Crippen molar-refractivity contribution >= 4 is 9.82 Å². The number of halogens is 1. The first-order valence-corrected chi connectivity index (χ1v) is 8.56. The van der Waals surface area contributed by atoms with Crippen LogP contribution in [0.2, 0.25) is 0 Å². The van der Waals surface area contributed by atoms with Crippen molar-refractivity contribution in [3.05, 3.63) is 91.0 Å². The normalized spacial score (nSPS) is 10.6. The van der Waals surface area contributed by atoms with Gasteiger partial charge in [0.25, 0.3) is 0 Å². The van der Waals surface area contributed by atoms with Gasteiger partial charge in [-0.25, -0.2) is 0 Å². The minimum Gasteiger partial charge on any atom is -1.00 e. The van der Waals surface area contributed by atoms with Gasteiger partial charge in [0.05, 0.1) is 16.9 Å². The van der Waals surface area contributed by atoms with E-state index >= 15 is 0 Å². The van der Waals surface area contributed by atoms with Gasteiger partial charge >= 0.3 is 0 Å². The third kappa shape index (κ3) is 3.01. The third-order valence-electron chi connectivity index (χ3n) is 3.53. The molecule has 0 bridgehead atoms. The summed E-state index contributed by atoms with van der Waals surface area (Å²) in [5.74, 6) is 0. The van der Waals surface area contributed by atoms with Gasteiger partial charge < -0.3 is 24.0 Å². The number of nitrogens with zero attached hydrogens (tertiary/aromatic N) is 1. The fraction of sp³-hybridized carbons (Fsp3) is 0.0526. The van der Waals surface area contributed by atoms with Crippen LogP contribution in [-0.2, 0) is 9.82 Å². The van der Waals surface area contributed by atoms with Crippen molar-refractivity contribution in [3.63, 3.8) is 0 Å². The van der Waals surface area contributed by atoms with Crippen molar-refractivity contribution in [1.82, 2.24) is 0 Å². The molecular weight excluding hydrogens is 401 g/mol. The molecule has 0 aliphatic rings. The maximum Gasteiger partial charge on any atom is 0.149 e. The molecule has 0 amide bonds. The molecule has 0 atom stereocenters. The second-order valence-electron chi connectivity index (χ2n) is 4.70. The Kier molecular flexibility index (Phi) is 5.91. The van der Waals surface area contributed by atoms with Crippen LogP contribution in [0.1, 0.15) is 0 Å². The zero-order chi connectivity index (χ0) is 14.5. The summed E-state index contributed by atoms with van der Waals surface area (Å²) in [5.41, 5.74) is 0. The number of hydrogen-bond donors (Lipinski definition) is 0. The van der Waals surface area contributed by atoms with Crippen LogP contribution in [0.4, 0.5) is 0 Å². The lowest BCUT2D eigenvalue weighted by Gasteiger charge is -2.18. The summed E-state index contributed by atoms with van der Waals surface area (Å²) in [6.07, 6.45) is 0. The number of rotatable bonds is 3. The highest BCUT2D eigenvalue weighted by molar-refractivity contribution is 8.05. The van der Waals surface area contributed by atoms with Crippen LogP contribution in [0, 0.1) is 0 Å². The summed E-state index contributed by atoms with van der Waals surface area (Å²) < 4.78 is 4.91. The molecule has 0 radical (unpaired) electrons. The van der Waals surface area contributed by atoms with E-state index < -0.39 is 9.82 Å². The second kappa shape index (κ2) is 7.70. The molecule has 22 heavy (non-hydrogen) atoms. The van der Waals surface area contributed by atoms with Crippen molar-refractivity contribution in [2.24, 2.45) is 4.36 Å². The lowest BCUT2D eigenvalue weighted by Crippen LogP contribution is -3.00. The Morgan fingerprint density at radius 1 is 0.545 bits per heavy atom. The molecule has 3 aromatic carbocycles. The van der Waals surface area contributed by atoms with Crippen molar-refractivity contribution in [1.29, 1.82) is 0 Å². The van der Waals surface area contributed by atoms with E-state index in [1.54, 1.807) is 0 Å². The minimum absolute atomic E-state index is 0. The molecule has 0 spiro atoms. The first kappa shape index (κ1) is 16.9. The molecule has 0 N–H and O–H groups in total. The van der Waals surface area contributed by atoms with Gasteiger partial charge in [0.2, 0.25) is 0 Å². The fourth-order valence-electron chi connectivity index (χ4n) is 2.58. The second-order valence-corrected chi connectivity index (χ2v) is 7.64.